The van der Waals surface area contributed by atoms with E-state index < -0.39 is 5.60 Å². The lowest BCUT2D eigenvalue weighted by Gasteiger charge is -2.30. The van der Waals surface area contributed by atoms with E-state index >= 15 is 0 Å². The molecule has 136 valence electrons. The Hall–Kier alpha value is -0.710. The van der Waals surface area contributed by atoms with Crippen molar-refractivity contribution in [3.8, 4) is 0 Å². The summed E-state index contributed by atoms with van der Waals surface area (Å²) in [7, 11) is 0. The maximum absolute atomic E-state index is 10.4. The molecule has 1 aromatic carbocycles. The third-order valence-corrected chi connectivity index (χ3v) is 6.40. The van der Waals surface area contributed by atoms with Crippen LogP contribution in [-0.4, -0.2) is 29.0 Å². The summed E-state index contributed by atoms with van der Waals surface area (Å²) in [4.78, 5) is 0. The topological polar surface area (TPSA) is 32.3 Å². The summed E-state index contributed by atoms with van der Waals surface area (Å²) in [5, 5.41) is 17.8. The van der Waals surface area contributed by atoms with Crippen LogP contribution >= 0.6 is 35.0 Å². The van der Waals surface area contributed by atoms with Gasteiger partial charge in [-0.25, -0.2) is 0 Å². The molecule has 0 saturated carbocycles. The van der Waals surface area contributed by atoms with Crippen LogP contribution in [0.1, 0.15) is 26.3 Å². The third kappa shape index (κ3) is 5.90. The molecule has 2 aliphatic carbocycles. The zero-order valence-corrected chi connectivity index (χ0v) is 17.2. The Morgan fingerprint density at radius 2 is 1.72 bits per heavy atom. The lowest BCUT2D eigenvalue weighted by atomic mass is 10.0. The first-order valence-corrected chi connectivity index (χ1v) is 10.2. The molecule has 2 N–H and O–H groups in total. The molecular weight excluding hydrogens is 373 g/mol. The molecule has 0 aromatic heterocycles. The lowest BCUT2D eigenvalue weighted by molar-refractivity contribution is 0.0622. The SMILES string of the molecule is CCNCC(C)(O)C(C)SCc1ccc(Cl)cc1Cl.c1cc2ccc1=2. The zero-order valence-electron chi connectivity index (χ0n) is 14.9. The maximum atomic E-state index is 10.4. The van der Waals surface area contributed by atoms with Gasteiger partial charge in [0, 0.05) is 27.6 Å². The van der Waals surface area contributed by atoms with Crippen LogP contribution in [0.4, 0.5) is 0 Å². The van der Waals surface area contributed by atoms with Gasteiger partial charge in [-0.05, 0) is 41.6 Å². The summed E-state index contributed by atoms with van der Waals surface area (Å²) < 4.78 is 0. The molecule has 1 aromatic rings. The fourth-order valence-corrected chi connectivity index (χ4v) is 3.90. The van der Waals surface area contributed by atoms with Crippen molar-refractivity contribution in [3.63, 3.8) is 0 Å². The van der Waals surface area contributed by atoms with Crippen LogP contribution in [0.3, 0.4) is 0 Å². The number of nitrogens with one attached hydrogen (secondary N) is 1. The Bertz CT molecular complexity index is 744. The molecule has 0 saturated heterocycles. The van der Waals surface area contributed by atoms with E-state index in [0.29, 0.717) is 16.6 Å². The maximum Gasteiger partial charge on any atom is 0.0858 e. The predicted octanol–water partition coefficient (Wildman–Crippen LogP) is 5.26. The summed E-state index contributed by atoms with van der Waals surface area (Å²) in [6.07, 6.45) is 0. The standard InChI is InChI=1S/C14H21Cl2NOS.C6H4/c1-4-17-9-14(3,18)10(2)19-8-11-5-6-12(15)7-13(11)16;1-2-6-4-3-5(1)6/h5-7,10,17-18H,4,8-9H2,1-3H3;1-4H. The molecule has 0 radical (unpaired) electrons. The fourth-order valence-electron chi connectivity index (χ4n) is 2.22. The van der Waals surface area contributed by atoms with Gasteiger partial charge in [-0.15, -0.1) is 0 Å². The zero-order chi connectivity index (χ0) is 18.4. The largest absolute Gasteiger partial charge is 0.388 e. The first-order valence-electron chi connectivity index (χ1n) is 8.42. The Morgan fingerprint density at radius 1 is 1.12 bits per heavy atom. The Labute approximate surface area is 164 Å². The van der Waals surface area contributed by atoms with Crippen LogP contribution in [-0.2, 0) is 5.75 Å². The van der Waals surface area contributed by atoms with E-state index in [1.54, 1.807) is 17.8 Å². The quantitative estimate of drug-likeness (QED) is 0.569. The Balaban J connectivity index is 0.000000306. The molecule has 0 fully saturated rings. The molecule has 0 amide bonds. The Kier molecular flexibility index (Phi) is 7.66. The van der Waals surface area contributed by atoms with E-state index in [1.807, 2.05) is 32.9 Å². The molecule has 0 heterocycles. The van der Waals surface area contributed by atoms with Crippen molar-refractivity contribution in [2.24, 2.45) is 0 Å². The summed E-state index contributed by atoms with van der Waals surface area (Å²) in [5.41, 5.74) is 0.307. The number of thioether (sulfide) groups is 1. The van der Waals surface area contributed by atoms with Gasteiger partial charge < -0.3 is 10.4 Å². The van der Waals surface area contributed by atoms with Crippen molar-refractivity contribution in [2.45, 2.75) is 37.4 Å². The first-order chi connectivity index (χ1) is 11.8. The van der Waals surface area contributed by atoms with Crippen LogP contribution in [0.25, 0.3) is 0 Å². The second-order valence-electron chi connectivity index (χ2n) is 6.40. The predicted molar refractivity (Wildman–Crippen MR) is 111 cm³/mol. The van der Waals surface area contributed by atoms with Crippen molar-refractivity contribution in [1.82, 2.24) is 5.32 Å². The lowest BCUT2D eigenvalue weighted by Crippen LogP contribution is -2.45. The molecule has 2 aliphatic rings. The number of hydrogen-bond acceptors (Lipinski definition) is 3. The fraction of sp³-hybridized carbons (Fsp3) is 0.400. The number of halogens is 2. The summed E-state index contributed by atoms with van der Waals surface area (Å²) in [5.74, 6) is 0.763. The molecule has 2 atom stereocenters. The second kappa shape index (κ2) is 9.29. The van der Waals surface area contributed by atoms with Gasteiger partial charge in [-0.1, -0.05) is 67.4 Å². The number of rotatable bonds is 7. The van der Waals surface area contributed by atoms with E-state index in [2.05, 4.69) is 29.6 Å². The van der Waals surface area contributed by atoms with Crippen molar-refractivity contribution in [1.29, 1.82) is 0 Å². The van der Waals surface area contributed by atoms with Gasteiger partial charge in [0.25, 0.3) is 0 Å². The van der Waals surface area contributed by atoms with E-state index in [9.17, 15) is 5.11 Å². The van der Waals surface area contributed by atoms with E-state index in [4.69, 9.17) is 23.2 Å². The summed E-state index contributed by atoms with van der Waals surface area (Å²) >= 11 is 13.7. The van der Waals surface area contributed by atoms with Crippen LogP contribution in [0, 0.1) is 10.4 Å². The van der Waals surface area contributed by atoms with Gasteiger partial charge in [-0.3, -0.25) is 0 Å². The van der Waals surface area contributed by atoms with Crippen molar-refractivity contribution >= 4 is 35.0 Å². The first kappa shape index (κ1) is 20.6. The number of benzene rings is 2. The minimum atomic E-state index is -0.737. The van der Waals surface area contributed by atoms with Crippen LogP contribution < -0.4 is 5.32 Å². The number of likely N-dealkylation sites (N-methyl/N-ethyl adjacent to an activating group) is 1. The van der Waals surface area contributed by atoms with Crippen LogP contribution in [0.15, 0.2) is 42.5 Å². The highest BCUT2D eigenvalue weighted by molar-refractivity contribution is 7.99. The van der Waals surface area contributed by atoms with Gasteiger partial charge >= 0.3 is 0 Å². The van der Waals surface area contributed by atoms with E-state index in [-0.39, 0.29) is 5.25 Å². The van der Waals surface area contributed by atoms with E-state index in [0.717, 1.165) is 17.9 Å². The normalized spacial score (nSPS) is 15.0. The highest BCUT2D eigenvalue weighted by Crippen LogP contribution is 2.30. The van der Waals surface area contributed by atoms with Crippen LogP contribution in [0.2, 0.25) is 10.0 Å². The monoisotopic (exact) mass is 397 g/mol. The molecular formula is C20H25Cl2NOS. The average molecular weight is 398 g/mol. The van der Waals surface area contributed by atoms with Gasteiger partial charge in [0.05, 0.1) is 5.60 Å². The van der Waals surface area contributed by atoms with Crippen molar-refractivity contribution in [3.05, 3.63) is 68.5 Å². The molecule has 2 nitrogen and oxygen atoms in total. The molecule has 25 heavy (non-hydrogen) atoms. The Morgan fingerprint density at radius 3 is 2.16 bits per heavy atom. The number of aliphatic hydroxyl groups is 1. The molecule has 0 aliphatic heterocycles. The molecule has 5 heteroatoms. The van der Waals surface area contributed by atoms with E-state index in [1.165, 1.54) is 10.4 Å². The third-order valence-electron chi connectivity index (χ3n) is 4.33. The average Bonchev–Trinajstić information content (AvgIpc) is 2.55. The highest BCUT2D eigenvalue weighted by atomic mass is 35.5. The van der Waals surface area contributed by atoms with Crippen molar-refractivity contribution < 1.29 is 5.11 Å². The highest BCUT2D eigenvalue weighted by Gasteiger charge is 2.28. The second-order valence-corrected chi connectivity index (χ2v) is 8.58. The summed E-state index contributed by atoms with van der Waals surface area (Å²) in [6.45, 7) is 7.37. The van der Waals surface area contributed by atoms with Gasteiger partial charge in [0.1, 0.15) is 0 Å². The molecule has 0 spiro atoms. The molecule has 3 rings (SSSR count). The van der Waals surface area contributed by atoms with Gasteiger partial charge in [0.2, 0.25) is 0 Å². The van der Waals surface area contributed by atoms with Gasteiger partial charge in [0.15, 0.2) is 0 Å². The van der Waals surface area contributed by atoms with Crippen molar-refractivity contribution in [2.75, 3.05) is 13.1 Å². The molecule has 2 unspecified atom stereocenters. The minimum Gasteiger partial charge on any atom is -0.388 e. The van der Waals surface area contributed by atoms with Gasteiger partial charge in [-0.2, -0.15) is 11.8 Å². The smallest absolute Gasteiger partial charge is 0.0858 e. The molecule has 0 bridgehead atoms. The summed E-state index contributed by atoms with van der Waals surface area (Å²) in [6, 6.07) is 14.0. The van der Waals surface area contributed by atoms with Crippen LogP contribution in [0.5, 0.6) is 0 Å². The number of hydrogen-bond donors (Lipinski definition) is 2. The minimum absolute atomic E-state index is 0.110.